The first-order chi connectivity index (χ1) is 13.5. The zero-order valence-electron chi connectivity index (χ0n) is 16.3. The van der Waals surface area contributed by atoms with Crippen LogP contribution in [0.15, 0.2) is 12.4 Å². The summed E-state index contributed by atoms with van der Waals surface area (Å²) in [7, 11) is 0. The van der Waals surface area contributed by atoms with Gasteiger partial charge in [0.2, 0.25) is 5.91 Å². The summed E-state index contributed by atoms with van der Waals surface area (Å²) < 4.78 is 5.03. The maximum atomic E-state index is 12.8. The van der Waals surface area contributed by atoms with Crippen molar-refractivity contribution in [1.29, 1.82) is 0 Å². The van der Waals surface area contributed by atoms with Crippen molar-refractivity contribution in [3.63, 3.8) is 0 Å². The zero-order chi connectivity index (χ0) is 20.1. The molecule has 2 aliphatic heterocycles. The third kappa shape index (κ3) is 4.49. The number of nitrogens with zero attached hydrogens (tertiary/aromatic N) is 6. The number of piperazine rings is 2. The lowest BCUT2D eigenvalue weighted by atomic mass is 10.2. The minimum Gasteiger partial charge on any atom is -0.450 e. The van der Waals surface area contributed by atoms with Crippen molar-refractivity contribution in [2.24, 2.45) is 0 Å². The molecule has 1 aromatic heterocycles. The fourth-order valence-electron chi connectivity index (χ4n) is 3.36. The normalized spacial score (nSPS) is 17.5. The summed E-state index contributed by atoms with van der Waals surface area (Å²) in [5.41, 5.74) is 0.342. The molecule has 2 fully saturated rings. The van der Waals surface area contributed by atoms with E-state index < -0.39 is 0 Å². The van der Waals surface area contributed by atoms with Crippen molar-refractivity contribution in [3.05, 3.63) is 18.1 Å². The summed E-state index contributed by atoms with van der Waals surface area (Å²) in [6.45, 7) is 8.05. The fraction of sp³-hybridized carbons (Fsp3) is 0.611. The van der Waals surface area contributed by atoms with E-state index in [2.05, 4.69) is 9.97 Å². The number of anilines is 1. The van der Waals surface area contributed by atoms with Gasteiger partial charge in [0.1, 0.15) is 17.8 Å². The number of hydrogen-bond acceptors (Lipinski definition) is 7. The molecule has 10 nitrogen and oxygen atoms in total. The fourth-order valence-corrected chi connectivity index (χ4v) is 3.36. The van der Waals surface area contributed by atoms with E-state index in [0.29, 0.717) is 70.5 Å². The molecule has 3 amide bonds. The van der Waals surface area contributed by atoms with Crippen molar-refractivity contribution < 1.29 is 19.1 Å². The lowest BCUT2D eigenvalue weighted by molar-refractivity contribution is -0.130. The molecule has 0 aromatic carbocycles. The Morgan fingerprint density at radius 1 is 0.929 bits per heavy atom. The maximum absolute atomic E-state index is 12.8. The van der Waals surface area contributed by atoms with Gasteiger partial charge in [-0.2, -0.15) is 0 Å². The Bertz CT molecular complexity index is 727. The van der Waals surface area contributed by atoms with Crippen LogP contribution in [0.4, 0.5) is 10.6 Å². The zero-order valence-corrected chi connectivity index (χ0v) is 16.3. The standard InChI is InChI=1S/C18H26N6O4/c1-3-28-18(27)24-10-6-22(7-11-24)16-12-15(19-13-20-16)17(26)23-8-4-21(5-9-23)14(2)25/h12-13H,3-11H2,1-2H3. The van der Waals surface area contributed by atoms with Crippen LogP contribution in [0.5, 0.6) is 0 Å². The van der Waals surface area contributed by atoms with Crippen molar-refractivity contribution in [1.82, 2.24) is 24.7 Å². The third-order valence-corrected chi connectivity index (χ3v) is 5.01. The molecule has 0 bridgehead atoms. The second-order valence-corrected chi connectivity index (χ2v) is 6.73. The smallest absolute Gasteiger partial charge is 0.409 e. The molecule has 152 valence electrons. The van der Waals surface area contributed by atoms with Gasteiger partial charge in [-0.05, 0) is 6.92 Å². The molecule has 1 aromatic rings. The maximum Gasteiger partial charge on any atom is 0.409 e. The number of rotatable bonds is 3. The molecule has 0 spiro atoms. The van der Waals surface area contributed by atoms with Gasteiger partial charge in [-0.1, -0.05) is 0 Å². The number of amides is 3. The summed E-state index contributed by atoms with van der Waals surface area (Å²) in [5, 5.41) is 0. The molecule has 2 saturated heterocycles. The van der Waals surface area contributed by atoms with Gasteiger partial charge in [0.15, 0.2) is 0 Å². The second-order valence-electron chi connectivity index (χ2n) is 6.73. The van der Waals surface area contributed by atoms with E-state index in [9.17, 15) is 14.4 Å². The van der Waals surface area contributed by atoms with Crippen LogP contribution in [-0.4, -0.2) is 102 Å². The Morgan fingerprint density at radius 3 is 2.14 bits per heavy atom. The highest BCUT2D eigenvalue weighted by molar-refractivity contribution is 5.93. The monoisotopic (exact) mass is 390 g/mol. The van der Waals surface area contributed by atoms with E-state index >= 15 is 0 Å². The SMILES string of the molecule is CCOC(=O)N1CCN(c2cc(C(=O)N3CCN(C(C)=O)CC3)ncn2)CC1. The first kappa shape index (κ1) is 19.8. The predicted molar refractivity (Wildman–Crippen MR) is 101 cm³/mol. The summed E-state index contributed by atoms with van der Waals surface area (Å²) in [5.74, 6) is 0.541. The molecule has 0 aliphatic carbocycles. The third-order valence-electron chi connectivity index (χ3n) is 5.01. The molecule has 3 rings (SSSR count). The van der Waals surface area contributed by atoms with Gasteiger partial charge in [0.25, 0.3) is 5.91 Å². The molecule has 2 aliphatic rings. The predicted octanol–water partition coefficient (Wildman–Crippen LogP) is 0.0594. The second kappa shape index (κ2) is 8.85. The van der Waals surface area contributed by atoms with Crippen molar-refractivity contribution in [2.45, 2.75) is 13.8 Å². The minimum absolute atomic E-state index is 0.0263. The van der Waals surface area contributed by atoms with Gasteiger partial charge in [-0.3, -0.25) is 9.59 Å². The Labute approximate surface area is 164 Å². The molecule has 0 radical (unpaired) electrons. The molecular formula is C18H26N6O4. The molecular weight excluding hydrogens is 364 g/mol. The van der Waals surface area contributed by atoms with Crippen LogP contribution in [0.3, 0.4) is 0 Å². The average molecular weight is 390 g/mol. The van der Waals surface area contributed by atoms with Crippen LogP contribution in [0, 0.1) is 0 Å². The van der Waals surface area contributed by atoms with Crippen LogP contribution in [0.1, 0.15) is 24.3 Å². The summed E-state index contributed by atoms with van der Waals surface area (Å²) in [4.78, 5) is 51.6. The van der Waals surface area contributed by atoms with E-state index in [1.54, 1.807) is 27.7 Å². The summed E-state index contributed by atoms with van der Waals surface area (Å²) >= 11 is 0. The first-order valence-corrected chi connectivity index (χ1v) is 9.53. The highest BCUT2D eigenvalue weighted by Gasteiger charge is 2.26. The molecule has 0 atom stereocenters. The molecule has 0 unspecified atom stereocenters. The van der Waals surface area contributed by atoms with Crippen molar-refractivity contribution in [3.8, 4) is 0 Å². The van der Waals surface area contributed by atoms with E-state index in [1.807, 2.05) is 4.90 Å². The Morgan fingerprint density at radius 2 is 1.54 bits per heavy atom. The van der Waals surface area contributed by atoms with Gasteiger partial charge in [-0.15, -0.1) is 0 Å². The molecule has 10 heteroatoms. The highest BCUT2D eigenvalue weighted by Crippen LogP contribution is 2.16. The first-order valence-electron chi connectivity index (χ1n) is 9.53. The highest BCUT2D eigenvalue weighted by atomic mass is 16.6. The largest absolute Gasteiger partial charge is 0.450 e. The van der Waals surface area contributed by atoms with E-state index in [0.717, 1.165) is 0 Å². The molecule has 0 saturated carbocycles. The number of aromatic nitrogens is 2. The van der Waals surface area contributed by atoms with Gasteiger partial charge in [0.05, 0.1) is 6.61 Å². The number of ether oxygens (including phenoxy) is 1. The number of carbonyl (C=O) groups is 3. The summed E-state index contributed by atoms with van der Waals surface area (Å²) in [6.07, 6.45) is 1.09. The Kier molecular flexibility index (Phi) is 6.27. The van der Waals surface area contributed by atoms with Gasteiger partial charge < -0.3 is 24.3 Å². The van der Waals surface area contributed by atoms with Crippen molar-refractivity contribution >= 4 is 23.7 Å². The number of hydrogen-bond donors (Lipinski definition) is 0. The Balaban J connectivity index is 1.59. The van der Waals surface area contributed by atoms with E-state index in [-0.39, 0.29) is 17.9 Å². The molecule has 3 heterocycles. The van der Waals surface area contributed by atoms with Crippen LogP contribution in [0.25, 0.3) is 0 Å². The van der Waals surface area contributed by atoms with Crippen molar-refractivity contribution in [2.75, 3.05) is 63.9 Å². The summed E-state index contributed by atoms with van der Waals surface area (Å²) in [6, 6.07) is 1.69. The molecule has 0 N–H and O–H groups in total. The lowest BCUT2D eigenvalue weighted by Crippen LogP contribution is -2.50. The topological polar surface area (TPSA) is 99.2 Å². The van der Waals surface area contributed by atoms with Crippen LogP contribution in [-0.2, 0) is 9.53 Å². The number of carbonyl (C=O) groups excluding carboxylic acids is 3. The van der Waals surface area contributed by atoms with Crippen LogP contribution < -0.4 is 4.90 Å². The van der Waals surface area contributed by atoms with Gasteiger partial charge >= 0.3 is 6.09 Å². The van der Waals surface area contributed by atoms with Crippen LogP contribution >= 0.6 is 0 Å². The lowest BCUT2D eigenvalue weighted by Gasteiger charge is -2.35. The average Bonchev–Trinajstić information content (AvgIpc) is 2.73. The van der Waals surface area contributed by atoms with E-state index in [4.69, 9.17) is 4.74 Å². The Hall–Kier alpha value is -2.91. The van der Waals surface area contributed by atoms with Crippen LogP contribution in [0.2, 0.25) is 0 Å². The quantitative estimate of drug-likeness (QED) is 0.720. The van der Waals surface area contributed by atoms with Gasteiger partial charge in [-0.25, -0.2) is 14.8 Å². The minimum atomic E-state index is -0.301. The molecule has 28 heavy (non-hydrogen) atoms. The van der Waals surface area contributed by atoms with Gasteiger partial charge in [0, 0.05) is 65.3 Å². The van der Waals surface area contributed by atoms with E-state index in [1.165, 1.54) is 13.3 Å².